The van der Waals surface area contributed by atoms with Gasteiger partial charge in [-0.15, -0.1) is 0 Å². The first-order chi connectivity index (χ1) is 9.24. The molecule has 1 saturated heterocycles. The molecule has 1 heterocycles. The molecule has 1 N–H and O–H groups in total. The molecule has 5 heteroatoms. The Morgan fingerprint density at radius 1 is 1.16 bits per heavy atom. The van der Waals surface area contributed by atoms with E-state index in [0.29, 0.717) is 36.4 Å². The molecule has 0 aromatic heterocycles. The van der Waals surface area contributed by atoms with E-state index in [2.05, 4.69) is 0 Å². The number of hydrogen-bond donors (Lipinski definition) is 1. The molecule has 0 saturated carbocycles. The molecule has 1 aliphatic rings. The van der Waals surface area contributed by atoms with Crippen molar-refractivity contribution in [2.24, 2.45) is 5.92 Å². The smallest absolute Gasteiger partial charge is 0.203 e. The molecule has 1 atom stereocenters. The van der Waals surface area contributed by atoms with Crippen LogP contribution in [0.2, 0.25) is 0 Å². The van der Waals surface area contributed by atoms with Crippen LogP contribution in [0.15, 0.2) is 12.1 Å². The number of methoxy groups -OCH3 is 3. The molecule has 2 rings (SSSR count). The lowest BCUT2D eigenvalue weighted by atomic mass is 9.85. The summed E-state index contributed by atoms with van der Waals surface area (Å²) in [6, 6.07) is 3.78. The zero-order chi connectivity index (χ0) is 13.8. The van der Waals surface area contributed by atoms with Crippen LogP contribution in [-0.2, 0) is 4.74 Å². The number of hydrogen-bond acceptors (Lipinski definition) is 5. The van der Waals surface area contributed by atoms with E-state index < -0.39 is 0 Å². The van der Waals surface area contributed by atoms with Crippen molar-refractivity contribution in [1.82, 2.24) is 0 Å². The van der Waals surface area contributed by atoms with Gasteiger partial charge in [-0.05, 0) is 17.7 Å². The van der Waals surface area contributed by atoms with Crippen molar-refractivity contribution < 1.29 is 24.1 Å². The molecule has 0 spiro atoms. The molecule has 0 amide bonds. The number of ether oxygens (including phenoxy) is 4. The van der Waals surface area contributed by atoms with E-state index in [1.165, 1.54) is 0 Å². The molecule has 0 aliphatic carbocycles. The van der Waals surface area contributed by atoms with Gasteiger partial charge in [-0.1, -0.05) is 0 Å². The van der Waals surface area contributed by atoms with Gasteiger partial charge in [-0.25, -0.2) is 0 Å². The van der Waals surface area contributed by atoms with E-state index in [1.54, 1.807) is 21.3 Å². The molecule has 0 radical (unpaired) electrons. The molecular weight excluding hydrogens is 248 g/mol. The predicted octanol–water partition coefficient (Wildman–Crippen LogP) is 1.43. The lowest BCUT2D eigenvalue weighted by Crippen LogP contribution is -2.34. The van der Waals surface area contributed by atoms with Crippen molar-refractivity contribution in [3.05, 3.63) is 17.7 Å². The molecule has 1 fully saturated rings. The van der Waals surface area contributed by atoms with Crippen molar-refractivity contribution >= 4 is 0 Å². The van der Waals surface area contributed by atoms with Gasteiger partial charge in [0, 0.05) is 11.8 Å². The largest absolute Gasteiger partial charge is 0.493 e. The number of rotatable bonds is 6. The zero-order valence-electron chi connectivity index (χ0n) is 11.5. The topological polar surface area (TPSA) is 57.2 Å². The van der Waals surface area contributed by atoms with Crippen molar-refractivity contribution in [2.75, 3.05) is 41.2 Å². The highest BCUT2D eigenvalue weighted by molar-refractivity contribution is 5.54. The van der Waals surface area contributed by atoms with Crippen LogP contribution in [-0.4, -0.2) is 46.3 Å². The van der Waals surface area contributed by atoms with E-state index in [0.717, 1.165) is 5.56 Å². The van der Waals surface area contributed by atoms with Gasteiger partial charge >= 0.3 is 0 Å². The summed E-state index contributed by atoms with van der Waals surface area (Å²) in [4.78, 5) is 0. The SMILES string of the molecule is COc1cc(C(CO)C2COC2)cc(OC)c1OC. The Hall–Kier alpha value is -1.46. The van der Waals surface area contributed by atoms with E-state index in [-0.39, 0.29) is 12.5 Å². The maximum atomic E-state index is 9.60. The second-order valence-corrected chi connectivity index (χ2v) is 4.55. The van der Waals surface area contributed by atoms with Crippen LogP contribution in [0.4, 0.5) is 0 Å². The van der Waals surface area contributed by atoms with Crippen molar-refractivity contribution in [3.63, 3.8) is 0 Å². The Balaban J connectivity index is 2.39. The lowest BCUT2D eigenvalue weighted by molar-refractivity contribution is -0.0527. The average Bonchev–Trinajstić information content (AvgIpc) is 2.40. The van der Waals surface area contributed by atoms with Gasteiger partial charge < -0.3 is 24.1 Å². The first-order valence-electron chi connectivity index (χ1n) is 6.23. The van der Waals surface area contributed by atoms with Crippen molar-refractivity contribution in [3.8, 4) is 17.2 Å². The minimum Gasteiger partial charge on any atom is -0.493 e. The fourth-order valence-electron chi connectivity index (χ4n) is 2.33. The molecule has 0 bridgehead atoms. The van der Waals surface area contributed by atoms with Gasteiger partial charge in [0.05, 0.1) is 41.2 Å². The summed E-state index contributed by atoms with van der Waals surface area (Å²) in [5, 5.41) is 9.60. The Morgan fingerprint density at radius 2 is 1.74 bits per heavy atom. The van der Waals surface area contributed by atoms with E-state index in [1.807, 2.05) is 12.1 Å². The van der Waals surface area contributed by atoms with Crippen LogP contribution in [0.25, 0.3) is 0 Å². The fourth-order valence-corrected chi connectivity index (χ4v) is 2.33. The molecule has 1 aromatic carbocycles. The maximum Gasteiger partial charge on any atom is 0.203 e. The molecule has 1 aliphatic heterocycles. The number of aliphatic hydroxyl groups excluding tert-OH is 1. The van der Waals surface area contributed by atoms with Crippen molar-refractivity contribution in [1.29, 1.82) is 0 Å². The second-order valence-electron chi connectivity index (χ2n) is 4.55. The van der Waals surface area contributed by atoms with Crippen LogP contribution in [0.3, 0.4) is 0 Å². The van der Waals surface area contributed by atoms with Crippen LogP contribution in [0.5, 0.6) is 17.2 Å². The predicted molar refractivity (Wildman–Crippen MR) is 70.2 cm³/mol. The van der Waals surface area contributed by atoms with Gasteiger partial charge in [0.25, 0.3) is 0 Å². The highest BCUT2D eigenvalue weighted by Crippen LogP contribution is 2.42. The molecular formula is C14H20O5. The van der Waals surface area contributed by atoms with Gasteiger partial charge in [0.2, 0.25) is 5.75 Å². The van der Waals surface area contributed by atoms with Gasteiger partial charge in [-0.2, -0.15) is 0 Å². The first-order valence-corrected chi connectivity index (χ1v) is 6.23. The minimum absolute atomic E-state index is 0.0301. The van der Waals surface area contributed by atoms with Gasteiger partial charge in [-0.3, -0.25) is 0 Å². The minimum atomic E-state index is 0.0301. The normalized spacial score (nSPS) is 16.6. The van der Waals surface area contributed by atoms with Crippen LogP contribution in [0.1, 0.15) is 11.5 Å². The maximum absolute atomic E-state index is 9.60. The fraction of sp³-hybridized carbons (Fsp3) is 0.571. The summed E-state index contributed by atoms with van der Waals surface area (Å²) in [6.07, 6.45) is 0. The summed E-state index contributed by atoms with van der Waals surface area (Å²) >= 11 is 0. The third kappa shape index (κ3) is 2.62. The quantitative estimate of drug-likeness (QED) is 0.846. The van der Waals surface area contributed by atoms with E-state index in [4.69, 9.17) is 18.9 Å². The molecule has 106 valence electrons. The van der Waals surface area contributed by atoms with Crippen LogP contribution >= 0.6 is 0 Å². The second kappa shape index (κ2) is 6.12. The van der Waals surface area contributed by atoms with E-state index >= 15 is 0 Å². The Kier molecular flexibility index (Phi) is 4.50. The Bertz CT molecular complexity index is 403. The van der Waals surface area contributed by atoms with Gasteiger partial charge in [0.15, 0.2) is 11.5 Å². The third-order valence-corrected chi connectivity index (χ3v) is 3.54. The summed E-state index contributed by atoms with van der Waals surface area (Å²) in [5.41, 5.74) is 0.977. The van der Waals surface area contributed by atoms with Crippen molar-refractivity contribution in [2.45, 2.75) is 5.92 Å². The standard InChI is InChI=1S/C14H20O5/c1-16-12-4-9(5-13(17-2)14(12)18-3)11(6-15)10-7-19-8-10/h4-5,10-11,15H,6-8H2,1-3H3. The van der Waals surface area contributed by atoms with Crippen LogP contribution in [0, 0.1) is 5.92 Å². The molecule has 5 nitrogen and oxygen atoms in total. The molecule has 19 heavy (non-hydrogen) atoms. The zero-order valence-corrected chi connectivity index (χ0v) is 11.5. The van der Waals surface area contributed by atoms with Crippen LogP contribution < -0.4 is 14.2 Å². The molecule has 1 aromatic rings. The summed E-state index contributed by atoms with van der Waals surface area (Å²) in [5.74, 6) is 2.15. The Morgan fingerprint density at radius 3 is 2.05 bits per heavy atom. The summed E-state index contributed by atoms with van der Waals surface area (Å²) in [7, 11) is 4.74. The number of benzene rings is 1. The number of aliphatic hydroxyl groups is 1. The van der Waals surface area contributed by atoms with E-state index in [9.17, 15) is 5.11 Å². The third-order valence-electron chi connectivity index (χ3n) is 3.54. The first kappa shape index (κ1) is 14.0. The summed E-state index contributed by atoms with van der Waals surface area (Å²) in [6.45, 7) is 1.44. The molecule has 1 unspecified atom stereocenters. The lowest BCUT2D eigenvalue weighted by Gasteiger charge is -2.33. The monoisotopic (exact) mass is 268 g/mol. The highest BCUT2D eigenvalue weighted by atomic mass is 16.5. The summed E-state index contributed by atoms with van der Waals surface area (Å²) < 4.78 is 21.1. The highest BCUT2D eigenvalue weighted by Gasteiger charge is 2.30. The van der Waals surface area contributed by atoms with Gasteiger partial charge in [0.1, 0.15) is 0 Å². The Labute approximate surface area is 113 Å². The average molecular weight is 268 g/mol.